The molecule has 0 bridgehead atoms. The zero-order chi connectivity index (χ0) is 20.4. The molecule has 0 N–H and O–H groups in total. The third kappa shape index (κ3) is 3.91. The Labute approximate surface area is 173 Å². The number of hydrogen-bond acceptors (Lipinski definition) is 6. The van der Waals surface area contributed by atoms with E-state index in [1.54, 1.807) is 49.5 Å². The van der Waals surface area contributed by atoms with Gasteiger partial charge in [-0.3, -0.25) is 4.79 Å². The van der Waals surface area contributed by atoms with Gasteiger partial charge in [-0.05, 0) is 49.2 Å². The van der Waals surface area contributed by atoms with Gasteiger partial charge in [-0.2, -0.15) is 4.98 Å². The molecule has 0 spiro atoms. The second-order valence-corrected chi connectivity index (χ2v) is 7.16. The molecule has 1 saturated heterocycles. The van der Waals surface area contributed by atoms with Crippen LogP contribution in [0.4, 0.5) is 0 Å². The largest absolute Gasteiger partial charge is 0.497 e. The molecule has 0 aliphatic carbocycles. The summed E-state index contributed by atoms with van der Waals surface area (Å²) in [6, 6.07) is 12.1. The van der Waals surface area contributed by atoms with Crippen molar-refractivity contribution in [1.29, 1.82) is 0 Å². The summed E-state index contributed by atoms with van der Waals surface area (Å²) < 4.78 is 16.1. The van der Waals surface area contributed by atoms with Gasteiger partial charge < -0.3 is 18.9 Å². The highest BCUT2D eigenvalue weighted by atomic mass is 35.5. The van der Waals surface area contributed by atoms with Crippen molar-refractivity contribution in [3.63, 3.8) is 0 Å². The van der Waals surface area contributed by atoms with E-state index in [9.17, 15) is 4.79 Å². The number of likely N-dealkylation sites (tertiary alicyclic amines) is 1. The normalized spacial score (nSPS) is 16.1. The molecule has 2 heterocycles. The van der Waals surface area contributed by atoms with Crippen molar-refractivity contribution in [2.45, 2.75) is 18.9 Å². The standard InChI is InChI=1S/C21H20ClN3O4/c1-27-16-10-14(11-17(12-16)28-2)21(26)25-9-3-4-18(25)20-23-19(24-29-20)13-5-7-15(22)8-6-13/h5-8,10-12,18H,3-4,9H2,1-2H3. The van der Waals surface area contributed by atoms with Crippen molar-refractivity contribution >= 4 is 17.5 Å². The highest BCUT2D eigenvalue weighted by molar-refractivity contribution is 6.30. The third-order valence-corrected chi connectivity index (χ3v) is 5.19. The second-order valence-electron chi connectivity index (χ2n) is 6.72. The lowest BCUT2D eigenvalue weighted by Gasteiger charge is -2.22. The average Bonchev–Trinajstić information content (AvgIpc) is 3.42. The molecular weight excluding hydrogens is 394 g/mol. The summed E-state index contributed by atoms with van der Waals surface area (Å²) in [6.07, 6.45) is 1.62. The van der Waals surface area contributed by atoms with E-state index in [0.29, 0.717) is 40.3 Å². The predicted octanol–water partition coefficient (Wildman–Crippen LogP) is 4.38. The van der Waals surface area contributed by atoms with Crippen molar-refractivity contribution in [2.24, 2.45) is 0 Å². The van der Waals surface area contributed by atoms with E-state index in [4.69, 9.17) is 25.6 Å². The van der Waals surface area contributed by atoms with Crippen molar-refractivity contribution in [1.82, 2.24) is 15.0 Å². The van der Waals surface area contributed by atoms with Gasteiger partial charge in [0, 0.05) is 28.8 Å². The smallest absolute Gasteiger partial charge is 0.254 e. The van der Waals surface area contributed by atoms with E-state index in [1.165, 1.54) is 0 Å². The predicted molar refractivity (Wildman–Crippen MR) is 107 cm³/mol. The molecule has 1 fully saturated rings. The van der Waals surface area contributed by atoms with Crippen LogP contribution in [0, 0.1) is 0 Å². The minimum atomic E-state index is -0.270. The number of benzene rings is 2. The Morgan fingerprint density at radius 3 is 2.48 bits per heavy atom. The summed E-state index contributed by atoms with van der Waals surface area (Å²) in [5.41, 5.74) is 1.29. The van der Waals surface area contributed by atoms with Crippen LogP contribution in [0.25, 0.3) is 11.4 Å². The lowest BCUT2D eigenvalue weighted by atomic mass is 10.1. The van der Waals surface area contributed by atoms with Crippen molar-refractivity contribution in [2.75, 3.05) is 20.8 Å². The Hall–Kier alpha value is -3.06. The van der Waals surface area contributed by atoms with E-state index in [1.807, 2.05) is 12.1 Å². The van der Waals surface area contributed by atoms with Crippen LogP contribution in [0.15, 0.2) is 47.0 Å². The van der Waals surface area contributed by atoms with Crippen LogP contribution in [0.3, 0.4) is 0 Å². The van der Waals surface area contributed by atoms with E-state index >= 15 is 0 Å². The summed E-state index contributed by atoms with van der Waals surface area (Å²) >= 11 is 5.94. The van der Waals surface area contributed by atoms with Crippen LogP contribution in [0.1, 0.15) is 35.1 Å². The molecule has 0 saturated carbocycles. The zero-order valence-corrected chi connectivity index (χ0v) is 16.8. The molecule has 1 amide bonds. The van der Waals surface area contributed by atoms with Gasteiger partial charge in [-0.25, -0.2) is 0 Å². The number of ether oxygens (including phenoxy) is 2. The summed E-state index contributed by atoms with van der Waals surface area (Å²) in [6.45, 7) is 0.613. The van der Waals surface area contributed by atoms with Crippen LogP contribution in [-0.2, 0) is 0 Å². The van der Waals surface area contributed by atoms with Gasteiger partial charge in [0.05, 0.1) is 14.2 Å². The van der Waals surface area contributed by atoms with Crippen LogP contribution >= 0.6 is 11.6 Å². The third-order valence-electron chi connectivity index (χ3n) is 4.94. The Morgan fingerprint density at radius 2 is 1.83 bits per heavy atom. The van der Waals surface area contributed by atoms with Gasteiger partial charge in [0.2, 0.25) is 11.7 Å². The Morgan fingerprint density at radius 1 is 1.14 bits per heavy atom. The highest BCUT2D eigenvalue weighted by Crippen LogP contribution is 2.34. The summed E-state index contributed by atoms with van der Waals surface area (Å²) in [5.74, 6) is 1.89. The minimum absolute atomic E-state index is 0.129. The van der Waals surface area contributed by atoms with Gasteiger partial charge in [-0.1, -0.05) is 16.8 Å². The van der Waals surface area contributed by atoms with E-state index in [0.717, 1.165) is 18.4 Å². The number of carbonyl (C=O) groups excluding carboxylic acids is 1. The molecule has 1 aliphatic rings. The average molecular weight is 414 g/mol. The van der Waals surface area contributed by atoms with E-state index in [2.05, 4.69) is 10.1 Å². The van der Waals surface area contributed by atoms with Crippen LogP contribution in [-0.4, -0.2) is 41.7 Å². The summed E-state index contributed by atoms with van der Waals surface area (Å²) in [4.78, 5) is 19.5. The fourth-order valence-electron chi connectivity index (χ4n) is 3.45. The highest BCUT2D eigenvalue weighted by Gasteiger charge is 2.35. The Kier molecular flexibility index (Phi) is 5.40. The molecule has 1 aromatic heterocycles. The quantitative estimate of drug-likeness (QED) is 0.617. The first-order valence-electron chi connectivity index (χ1n) is 9.22. The maximum atomic E-state index is 13.2. The first kappa shape index (κ1) is 19.3. The molecule has 1 atom stereocenters. The van der Waals surface area contributed by atoms with Gasteiger partial charge in [-0.15, -0.1) is 0 Å². The molecule has 7 nitrogen and oxygen atoms in total. The number of methoxy groups -OCH3 is 2. The molecular formula is C21H20ClN3O4. The minimum Gasteiger partial charge on any atom is -0.497 e. The zero-order valence-electron chi connectivity index (χ0n) is 16.1. The number of amides is 1. The molecule has 1 aliphatic heterocycles. The molecule has 2 aromatic carbocycles. The molecule has 29 heavy (non-hydrogen) atoms. The molecule has 4 rings (SSSR count). The molecule has 1 unspecified atom stereocenters. The number of rotatable bonds is 5. The molecule has 0 radical (unpaired) electrons. The summed E-state index contributed by atoms with van der Waals surface area (Å²) in [5, 5.41) is 4.71. The molecule has 8 heteroatoms. The number of halogens is 1. The Bertz CT molecular complexity index is 997. The maximum absolute atomic E-state index is 13.2. The number of hydrogen-bond donors (Lipinski definition) is 0. The van der Waals surface area contributed by atoms with Gasteiger partial charge in [0.25, 0.3) is 5.91 Å². The fraction of sp³-hybridized carbons (Fsp3) is 0.286. The molecule has 150 valence electrons. The maximum Gasteiger partial charge on any atom is 0.254 e. The van der Waals surface area contributed by atoms with Crippen molar-refractivity contribution in [3.05, 3.63) is 58.9 Å². The fourth-order valence-corrected chi connectivity index (χ4v) is 3.58. The number of nitrogens with zero attached hydrogens (tertiary/aromatic N) is 3. The van der Waals surface area contributed by atoms with Crippen molar-refractivity contribution < 1.29 is 18.8 Å². The van der Waals surface area contributed by atoms with Gasteiger partial charge in [0.15, 0.2) is 0 Å². The van der Waals surface area contributed by atoms with Crippen LogP contribution in [0.5, 0.6) is 11.5 Å². The van der Waals surface area contributed by atoms with Crippen LogP contribution in [0.2, 0.25) is 5.02 Å². The SMILES string of the molecule is COc1cc(OC)cc(C(=O)N2CCCC2c2nc(-c3ccc(Cl)cc3)no2)c1. The topological polar surface area (TPSA) is 77.7 Å². The monoisotopic (exact) mass is 413 g/mol. The van der Waals surface area contributed by atoms with E-state index in [-0.39, 0.29) is 11.9 Å². The Balaban J connectivity index is 1.60. The van der Waals surface area contributed by atoms with Gasteiger partial charge in [0.1, 0.15) is 17.5 Å². The lowest BCUT2D eigenvalue weighted by Crippen LogP contribution is -2.30. The summed E-state index contributed by atoms with van der Waals surface area (Å²) in [7, 11) is 3.11. The number of aromatic nitrogens is 2. The van der Waals surface area contributed by atoms with Gasteiger partial charge >= 0.3 is 0 Å². The van der Waals surface area contributed by atoms with E-state index < -0.39 is 0 Å². The second kappa shape index (κ2) is 8.13. The first-order valence-corrected chi connectivity index (χ1v) is 9.60. The lowest BCUT2D eigenvalue weighted by molar-refractivity contribution is 0.0709. The first-order chi connectivity index (χ1) is 14.1. The molecule has 3 aromatic rings. The van der Waals surface area contributed by atoms with Crippen molar-refractivity contribution in [3.8, 4) is 22.9 Å². The van der Waals surface area contributed by atoms with Crippen LogP contribution < -0.4 is 9.47 Å². The number of carbonyl (C=O) groups is 1.